The Morgan fingerprint density at radius 1 is 1.00 bits per heavy atom. The Kier molecular flexibility index (Phi) is 7.48. The van der Waals surface area contributed by atoms with Crippen molar-refractivity contribution in [3.8, 4) is 5.75 Å². The van der Waals surface area contributed by atoms with Crippen LogP contribution in [-0.2, 0) is 4.79 Å². The fraction of sp³-hybridized carbons (Fsp3) is 0.259. The van der Waals surface area contributed by atoms with Gasteiger partial charge in [-0.25, -0.2) is 4.39 Å². The lowest BCUT2D eigenvalue weighted by molar-refractivity contribution is -0.126. The van der Waals surface area contributed by atoms with E-state index in [4.69, 9.17) is 16.3 Å². The van der Waals surface area contributed by atoms with Gasteiger partial charge in [0.25, 0.3) is 5.91 Å². The molecule has 1 N–H and O–H groups in total. The molecule has 1 unspecified atom stereocenters. The summed E-state index contributed by atoms with van der Waals surface area (Å²) in [6.45, 7) is 0.915. The number of ether oxygens (including phenoxy) is 1. The Balaban J connectivity index is 1.43. The van der Waals surface area contributed by atoms with Crippen LogP contribution in [0.1, 0.15) is 40.4 Å². The van der Waals surface area contributed by atoms with Gasteiger partial charge in [-0.1, -0.05) is 54.1 Å². The number of hydrogen-bond acceptors (Lipinski definition) is 3. The summed E-state index contributed by atoms with van der Waals surface area (Å²) in [4.78, 5) is 28.0. The molecule has 0 spiro atoms. The van der Waals surface area contributed by atoms with Gasteiger partial charge < -0.3 is 15.0 Å². The molecule has 1 aliphatic rings. The van der Waals surface area contributed by atoms with E-state index in [0.29, 0.717) is 42.3 Å². The zero-order chi connectivity index (χ0) is 24.1. The fourth-order valence-corrected chi connectivity index (χ4v) is 4.45. The molecule has 0 aliphatic carbocycles. The number of piperidine rings is 1. The molecule has 7 heteroatoms. The Hall–Kier alpha value is -3.38. The van der Waals surface area contributed by atoms with Crippen molar-refractivity contribution < 1.29 is 18.7 Å². The standard InChI is InChI=1S/C27H26ClFN2O3/c1-34-24-12-9-21(28)17-23(24)27(33)31-15-13-20(14-16-31)26(32)30-25(18-5-3-2-4-6-18)19-7-10-22(29)11-8-19/h2-12,17,20,25H,13-16H2,1H3,(H,30,32). The number of carbonyl (C=O) groups excluding carboxylic acids is 2. The molecule has 4 rings (SSSR count). The van der Waals surface area contributed by atoms with Crippen LogP contribution < -0.4 is 10.1 Å². The lowest BCUT2D eigenvalue weighted by Gasteiger charge is -2.32. The van der Waals surface area contributed by atoms with E-state index in [-0.39, 0.29) is 29.6 Å². The smallest absolute Gasteiger partial charge is 0.257 e. The number of rotatable bonds is 6. The van der Waals surface area contributed by atoms with Crippen molar-refractivity contribution in [3.63, 3.8) is 0 Å². The van der Waals surface area contributed by atoms with E-state index in [2.05, 4.69) is 5.32 Å². The van der Waals surface area contributed by atoms with E-state index in [1.807, 2.05) is 30.3 Å². The minimum absolute atomic E-state index is 0.0781. The predicted octanol–water partition coefficient (Wildman–Crippen LogP) is 5.25. The van der Waals surface area contributed by atoms with Gasteiger partial charge in [0.05, 0.1) is 18.7 Å². The zero-order valence-corrected chi connectivity index (χ0v) is 19.6. The van der Waals surface area contributed by atoms with Crippen LogP contribution in [0.25, 0.3) is 0 Å². The normalized spacial score (nSPS) is 15.0. The lowest BCUT2D eigenvalue weighted by atomic mass is 9.93. The van der Waals surface area contributed by atoms with Crippen LogP contribution >= 0.6 is 11.6 Å². The molecule has 1 saturated heterocycles. The van der Waals surface area contributed by atoms with Gasteiger partial charge >= 0.3 is 0 Å². The van der Waals surface area contributed by atoms with Crippen molar-refractivity contribution in [2.45, 2.75) is 18.9 Å². The van der Waals surface area contributed by atoms with E-state index in [9.17, 15) is 14.0 Å². The van der Waals surface area contributed by atoms with Crippen molar-refractivity contribution >= 4 is 23.4 Å². The second-order valence-electron chi connectivity index (χ2n) is 8.31. The number of hydrogen-bond donors (Lipinski definition) is 1. The largest absolute Gasteiger partial charge is 0.496 e. The van der Waals surface area contributed by atoms with Gasteiger partial charge in [-0.05, 0) is 54.3 Å². The summed E-state index contributed by atoms with van der Waals surface area (Å²) in [6.07, 6.45) is 1.09. The van der Waals surface area contributed by atoms with Crippen LogP contribution in [0.15, 0.2) is 72.8 Å². The second kappa shape index (κ2) is 10.7. The molecular weight excluding hydrogens is 455 g/mol. The first kappa shape index (κ1) is 23.8. The maximum atomic E-state index is 13.5. The third kappa shape index (κ3) is 5.39. The highest BCUT2D eigenvalue weighted by Gasteiger charge is 2.30. The number of carbonyl (C=O) groups is 2. The number of nitrogens with one attached hydrogen (secondary N) is 1. The summed E-state index contributed by atoms with van der Waals surface area (Å²) in [6, 6.07) is 20.3. The molecule has 3 aromatic rings. The average molecular weight is 481 g/mol. The summed E-state index contributed by atoms with van der Waals surface area (Å²) in [5, 5.41) is 3.60. The zero-order valence-electron chi connectivity index (χ0n) is 18.8. The molecule has 34 heavy (non-hydrogen) atoms. The number of methoxy groups -OCH3 is 1. The topological polar surface area (TPSA) is 58.6 Å². The van der Waals surface area contributed by atoms with Gasteiger partial charge in [-0.2, -0.15) is 0 Å². The molecule has 5 nitrogen and oxygen atoms in total. The lowest BCUT2D eigenvalue weighted by Crippen LogP contribution is -2.44. The van der Waals surface area contributed by atoms with E-state index >= 15 is 0 Å². The van der Waals surface area contributed by atoms with Crippen molar-refractivity contribution in [1.82, 2.24) is 10.2 Å². The minimum atomic E-state index is -0.385. The molecule has 176 valence electrons. The molecule has 1 fully saturated rings. The van der Waals surface area contributed by atoms with Gasteiger partial charge in [0, 0.05) is 24.0 Å². The third-order valence-electron chi connectivity index (χ3n) is 6.17. The van der Waals surface area contributed by atoms with Gasteiger partial charge in [0.2, 0.25) is 5.91 Å². The van der Waals surface area contributed by atoms with Gasteiger partial charge in [-0.15, -0.1) is 0 Å². The highest BCUT2D eigenvalue weighted by molar-refractivity contribution is 6.31. The van der Waals surface area contributed by atoms with Crippen molar-refractivity contribution in [1.29, 1.82) is 0 Å². The fourth-order valence-electron chi connectivity index (χ4n) is 4.28. The number of halogens is 2. The first-order valence-corrected chi connectivity index (χ1v) is 11.6. The number of likely N-dealkylation sites (tertiary alicyclic amines) is 1. The van der Waals surface area contributed by atoms with Crippen molar-refractivity contribution in [2.24, 2.45) is 5.92 Å². The maximum Gasteiger partial charge on any atom is 0.257 e. The summed E-state index contributed by atoms with van der Waals surface area (Å²) in [5.74, 6) is -0.316. The summed E-state index contributed by atoms with van der Waals surface area (Å²) >= 11 is 6.08. The van der Waals surface area contributed by atoms with Crippen LogP contribution in [0.5, 0.6) is 5.75 Å². The first-order valence-electron chi connectivity index (χ1n) is 11.2. The third-order valence-corrected chi connectivity index (χ3v) is 6.40. The number of amides is 2. The van der Waals surface area contributed by atoms with Crippen LogP contribution in [0, 0.1) is 11.7 Å². The van der Waals surface area contributed by atoms with E-state index in [0.717, 1.165) is 11.1 Å². The maximum absolute atomic E-state index is 13.5. The SMILES string of the molecule is COc1ccc(Cl)cc1C(=O)N1CCC(C(=O)NC(c2ccccc2)c2ccc(F)cc2)CC1. The predicted molar refractivity (Wildman–Crippen MR) is 129 cm³/mol. The van der Waals surface area contributed by atoms with E-state index in [1.165, 1.54) is 19.2 Å². The molecule has 3 aromatic carbocycles. The summed E-state index contributed by atoms with van der Waals surface area (Å²) in [5.41, 5.74) is 2.14. The van der Waals surface area contributed by atoms with Crippen LogP contribution in [0.3, 0.4) is 0 Å². The van der Waals surface area contributed by atoms with Gasteiger partial charge in [-0.3, -0.25) is 9.59 Å². The van der Waals surface area contributed by atoms with E-state index in [1.54, 1.807) is 35.2 Å². The average Bonchev–Trinajstić information content (AvgIpc) is 2.88. The molecule has 1 atom stereocenters. The second-order valence-corrected chi connectivity index (χ2v) is 8.75. The highest BCUT2D eigenvalue weighted by atomic mass is 35.5. The van der Waals surface area contributed by atoms with Crippen LogP contribution in [0.2, 0.25) is 5.02 Å². The Morgan fingerprint density at radius 2 is 1.65 bits per heavy atom. The Bertz CT molecular complexity index is 1150. The van der Waals surface area contributed by atoms with E-state index < -0.39 is 0 Å². The molecule has 0 aromatic heterocycles. The van der Waals surface area contributed by atoms with Crippen molar-refractivity contribution in [3.05, 3.63) is 100 Å². The number of benzene rings is 3. The summed E-state index contributed by atoms with van der Waals surface area (Å²) < 4.78 is 18.8. The molecule has 0 saturated carbocycles. The van der Waals surface area contributed by atoms with Gasteiger partial charge in [0.1, 0.15) is 11.6 Å². The molecule has 2 amide bonds. The molecule has 0 radical (unpaired) electrons. The first-order chi connectivity index (χ1) is 16.5. The molecular formula is C27H26ClFN2O3. The quantitative estimate of drug-likeness (QED) is 0.524. The van der Waals surface area contributed by atoms with Crippen molar-refractivity contribution in [2.75, 3.05) is 20.2 Å². The molecule has 1 aliphatic heterocycles. The van der Waals surface area contributed by atoms with Crippen LogP contribution in [-0.4, -0.2) is 36.9 Å². The monoisotopic (exact) mass is 480 g/mol. The molecule has 1 heterocycles. The minimum Gasteiger partial charge on any atom is -0.496 e. The molecule has 0 bridgehead atoms. The van der Waals surface area contributed by atoms with Gasteiger partial charge in [0.15, 0.2) is 0 Å². The summed E-state index contributed by atoms with van der Waals surface area (Å²) in [7, 11) is 1.51. The highest BCUT2D eigenvalue weighted by Crippen LogP contribution is 2.28. The number of nitrogens with zero attached hydrogens (tertiary/aromatic N) is 1. The Labute approximate surface area is 203 Å². The Morgan fingerprint density at radius 3 is 2.29 bits per heavy atom. The van der Waals surface area contributed by atoms with Crippen LogP contribution in [0.4, 0.5) is 4.39 Å².